The molecule has 0 saturated carbocycles. The number of aliphatic hydroxyl groups is 11. The summed E-state index contributed by atoms with van der Waals surface area (Å²) in [6.07, 6.45) is 73.3. The first-order chi connectivity index (χ1) is 54.3. The molecule has 0 aliphatic carbocycles. The van der Waals surface area contributed by atoms with E-state index in [1.165, 1.54) is 167 Å². The number of nitrogens with one attached hydrogen (secondary N) is 1. The van der Waals surface area contributed by atoms with Crippen LogP contribution in [0.5, 0.6) is 0 Å². The van der Waals surface area contributed by atoms with Crippen LogP contribution in [0.2, 0.25) is 0 Å². The summed E-state index contributed by atoms with van der Waals surface area (Å²) in [7, 11) is 0. The van der Waals surface area contributed by atoms with Gasteiger partial charge in [0.25, 0.3) is 0 Å². The van der Waals surface area contributed by atoms with Gasteiger partial charge >= 0.3 is 0 Å². The van der Waals surface area contributed by atoms with E-state index in [4.69, 9.17) is 28.4 Å². The lowest BCUT2D eigenvalue weighted by Gasteiger charge is -2.48. The number of carbonyl (C=O) groups excluding carboxylic acids is 1. The van der Waals surface area contributed by atoms with E-state index in [0.717, 1.165) is 128 Å². The lowest BCUT2D eigenvalue weighted by atomic mass is 9.96. The lowest BCUT2D eigenvalue weighted by Crippen LogP contribution is -2.66. The normalized spacial score (nSPS) is 25.6. The third-order valence-corrected chi connectivity index (χ3v) is 21.3. The predicted molar refractivity (Wildman–Crippen MR) is 447 cm³/mol. The van der Waals surface area contributed by atoms with E-state index in [2.05, 4.69) is 129 Å². The van der Waals surface area contributed by atoms with Crippen molar-refractivity contribution in [3.63, 3.8) is 0 Å². The van der Waals surface area contributed by atoms with E-state index in [0.29, 0.717) is 6.42 Å². The first kappa shape index (κ1) is 101. The summed E-state index contributed by atoms with van der Waals surface area (Å²) in [5.41, 5.74) is 0. The molecule has 17 atom stereocenters. The van der Waals surface area contributed by atoms with E-state index in [9.17, 15) is 61.0 Å². The second-order valence-corrected chi connectivity index (χ2v) is 31.0. The zero-order valence-corrected chi connectivity index (χ0v) is 68.9. The summed E-state index contributed by atoms with van der Waals surface area (Å²) in [6, 6.07) is -0.991. The van der Waals surface area contributed by atoms with Gasteiger partial charge in [0.05, 0.1) is 38.6 Å². The number of aliphatic hydroxyl groups excluding tert-OH is 11. The van der Waals surface area contributed by atoms with Crippen LogP contribution in [0.25, 0.3) is 0 Å². The molecule has 1 amide bonds. The molecular formula is C92H159NO18. The maximum absolute atomic E-state index is 13.5. The number of hydrogen-bond donors (Lipinski definition) is 12. The Balaban J connectivity index is 1.36. The molecule has 17 unspecified atom stereocenters. The van der Waals surface area contributed by atoms with Gasteiger partial charge in [-0.05, 0) is 89.9 Å². The van der Waals surface area contributed by atoms with E-state index >= 15 is 0 Å². The molecule has 3 aliphatic rings. The molecule has 640 valence electrons. The van der Waals surface area contributed by atoms with Gasteiger partial charge in [0.1, 0.15) is 73.2 Å². The Labute approximate surface area is 671 Å². The minimum atomic E-state index is -1.99. The molecule has 19 heteroatoms. The van der Waals surface area contributed by atoms with Crippen LogP contribution in [0.4, 0.5) is 0 Å². The van der Waals surface area contributed by atoms with Gasteiger partial charge in [-0.1, -0.05) is 347 Å². The van der Waals surface area contributed by atoms with Crippen molar-refractivity contribution in [1.82, 2.24) is 5.32 Å². The highest BCUT2D eigenvalue weighted by atomic mass is 16.8. The summed E-state index contributed by atoms with van der Waals surface area (Å²) >= 11 is 0. The first-order valence-corrected chi connectivity index (χ1v) is 44.3. The van der Waals surface area contributed by atoms with Gasteiger partial charge in [0.2, 0.25) is 5.91 Å². The number of carbonyl (C=O) groups is 1. The van der Waals surface area contributed by atoms with Gasteiger partial charge in [0.15, 0.2) is 18.9 Å². The van der Waals surface area contributed by atoms with Crippen molar-refractivity contribution in [2.75, 3.05) is 26.4 Å². The monoisotopic (exact) mass is 1570 g/mol. The number of rotatable bonds is 70. The first-order valence-electron chi connectivity index (χ1n) is 44.3. The fraction of sp³-hybridized carbons (Fsp3) is 0.772. The molecule has 3 rings (SSSR count). The minimum absolute atomic E-state index is 0.223. The minimum Gasteiger partial charge on any atom is -0.394 e. The van der Waals surface area contributed by atoms with Crippen LogP contribution in [-0.2, 0) is 33.2 Å². The van der Waals surface area contributed by atoms with Gasteiger partial charge in [-0.25, -0.2) is 0 Å². The summed E-state index contributed by atoms with van der Waals surface area (Å²) in [5, 5.41) is 121. The fourth-order valence-corrected chi connectivity index (χ4v) is 14.2. The zero-order chi connectivity index (χ0) is 80.3. The Morgan fingerprint density at radius 3 is 0.973 bits per heavy atom. The highest BCUT2D eigenvalue weighted by Gasteiger charge is 2.54. The number of hydrogen-bond acceptors (Lipinski definition) is 18. The van der Waals surface area contributed by atoms with Crippen molar-refractivity contribution < 1.29 is 89.4 Å². The number of allylic oxidation sites excluding steroid dienone is 19. The molecular weight excluding hydrogens is 1410 g/mol. The molecule has 0 bridgehead atoms. The summed E-state index contributed by atoms with van der Waals surface area (Å²) < 4.78 is 34.5. The molecule has 0 aromatic rings. The number of unbranched alkanes of at least 4 members (excludes halogenated alkanes) is 36. The van der Waals surface area contributed by atoms with E-state index in [-0.39, 0.29) is 18.9 Å². The average molecular weight is 1570 g/mol. The topological polar surface area (TPSA) is 307 Å². The maximum Gasteiger partial charge on any atom is 0.220 e. The highest BCUT2D eigenvalue weighted by molar-refractivity contribution is 5.76. The standard InChI is InChI=1S/C92H159NO18/c1-3-5-7-9-11-13-15-17-19-21-23-25-27-29-31-33-35-36-37-38-40-42-44-46-48-50-52-54-56-58-60-62-64-66-68-70-80(98)93-75(76(97)69-67-65-63-61-59-57-55-53-51-49-47-45-43-41-39-34-32-30-28-26-24-22-20-18-16-14-12-10-8-6-4-2)74-106-90-86(104)83(101)88(78(72-95)108-90)111-92-87(105)84(102)89(79(73-96)109-92)110-91-85(103)82(100)81(99)77(71-94)107-91/h5,7,11,13,17,19,23,25,29,31,35-36,38,40,44,46,50,52,67,69,75-79,81-92,94-97,99-105H,3-4,6,8-10,12,14-16,18,20-22,24,26-28,30,32-34,37,39,41-43,45,47-49,51,53-66,68,70-74H2,1-2H3,(H,93,98)/b7-5-,13-11-,19-17-,25-23-,31-29-,36-35-,40-38-,46-44-,52-50-,69-67+. The van der Waals surface area contributed by atoms with Crippen LogP contribution in [0.1, 0.15) is 322 Å². The van der Waals surface area contributed by atoms with Crippen molar-refractivity contribution in [2.45, 2.75) is 426 Å². The second-order valence-electron chi connectivity index (χ2n) is 31.0. The van der Waals surface area contributed by atoms with Gasteiger partial charge in [-0.3, -0.25) is 4.79 Å². The van der Waals surface area contributed by atoms with E-state index < -0.39 is 124 Å². The molecule has 3 fully saturated rings. The lowest BCUT2D eigenvalue weighted by molar-refractivity contribution is -0.379. The summed E-state index contributed by atoms with van der Waals surface area (Å²) in [6.45, 7) is 1.64. The van der Waals surface area contributed by atoms with E-state index in [1.807, 2.05) is 6.08 Å². The predicted octanol–water partition coefficient (Wildman–Crippen LogP) is 16.6. The molecule has 19 nitrogen and oxygen atoms in total. The van der Waals surface area contributed by atoms with E-state index in [1.54, 1.807) is 6.08 Å². The van der Waals surface area contributed by atoms with Crippen LogP contribution in [0.15, 0.2) is 122 Å². The van der Waals surface area contributed by atoms with Crippen LogP contribution in [0, 0.1) is 0 Å². The van der Waals surface area contributed by atoms with Crippen molar-refractivity contribution in [1.29, 1.82) is 0 Å². The van der Waals surface area contributed by atoms with Gasteiger partial charge in [0, 0.05) is 6.42 Å². The molecule has 12 N–H and O–H groups in total. The molecule has 3 aliphatic heterocycles. The van der Waals surface area contributed by atoms with Crippen molar-refractivity contribution in [3.8, 4) is 0 Å². The Kier molecular flexibility index (Phi) is 64.3. The van der Waals surface area contributed by atoms with Crippen LogP contribution >= 0.6 is 0 Å². The number of ether oxygens (including phenoxy) is 6. The Hall–Kier alpha value is -3.81. The molecule has 3 heterocycles. The Morgan fingerprint density at radius 1 is 0.333 bits per heavy atom. The molecule has 0 radical (unpaired) electrons. The average Bonchev–Trinajstić information content (AvgIpc) is 0.780. The third-order valence-electron chi connectivity index (χ3n) is 21.3. The molecule has 3 saturated heterocycles. The largest absolute Gasteiger partial charge is 0.394 e. The van der Waals surface area contributed by atoms with Crippen molar-refractivity contribution in [3.05, 3.63) is 122 Å². The third kappa shape index (κ3) is 49.1. The SMILES string of the molecule is CC/C=C\C/C=C\C/C=C\C/C=C\C/C=C\C/C=C\C/C=C\C/C=C\C/C=C\CCCCCCCCCC(=O)NC(COC1OC(CO)C(OC2OC(CO)C(OC3OC(CO)C(O)C(O)C3O)C(O)C2O)C(O)C1O)C(O)/C=C/CCCCCCCCCCCCCCCCCCCCCCCCCCCCCCC. The van der Waals surface area contributed by atoms with Crippen LogP contribution in [-0.4, -0.2) is 193 Å². The van der Waals surface area contributed by atoms with Gasteiger partial charge < -0.3 is 89.9 Å². The van der Waals surface area contributed by atoms with Crippen molar-refractivity contribution in [2.24, 2.45) is 0 Å². The van der Waals surface area contributed by atoms with Crippen LogP contribution in [0.3, 0.4) is 0 Å². The Morgan fingerprint density at radius 2 is 0.622 bits per heavy atom. The molecule has 0 aromatic heterocycles. The molecule has 0 aromatic carbocycles. The molecule has 111 heavy (non-hydrogen) atoms. The smallest absolute Gasteiger partial charge is 0.220 e. The fourth-order valence-electron chi connectivity index (χ4n) is 14.2. The highest BCUT2D eigenvalue weighted by Crippen LogP contribution is 2.33. The second kappa shape index (κ2) is 70.4. The Bertz CT molecular complexity index is 2480. The van der Waals surface area contributed by atoms with Gasteiger partial charge in [-0.2, -0.15) is 0 Å². The summed E-state index contributed by atoms with van der Waals surface area (Å²) in [5.74, 6) is -0.288. The molecule has 0 spiro atoms. The summed E-state index contributed by atoms with van der Waals surface area (Å²) in [4.78, 5) is 13.5. The van der Waals surface area contributed by atoms with Crippen molar-refractivity contribution >= 4 is 5.91 Å². The van der Waals surface area contributed by atoms with Crippen LogP contribution < -0.4 is 5.32 Å². The quantitative estimate of drug-likeness (QED) is 0.0199. The number of amides is 1. The van der Waals surface area contributed by atoms with Gasteiger partial charge in [-0.15, -0.1) is 0 Å². The maximum atomic E-state index is 13.5. The zero-order valence-electron chi connectivity index (χ0n) is 68.9.